The second-order valence-corrected chi connectivity index (χ2v) is 5.67. The van der Waals surface area contributed by atoms with Crippen LogP contribution in [0.25, 0.3) is 10.8 Å². The molecule has 1 aliphatic rings. The van der Waals surface area contributed by atoms with E-state index in [-0.39, 0.29) is 5.56 Å². The van der Waals surface area contributed by atoms with E-state index in [1.165, 1.54) is 12.6 Å². The predicted molar refractivity (Wildman–Crippen MR) is 82.8 cm³/mol. The molecule has 1 fully saturated rings. The third-order valence-electron chi connectivity index (χ3n) is 4.07. The lowest BCUT2D eigenvalue weighted by Gasteiger charge is -2.14. The number of rotatable bonds is 4. The SMILES string of the molecule is CN1CCC(CNc2ncc(C(=O)O)c3ccccc23)C1. The Morgan fingerprint density at radius 2 is 2.19 bits per heavy atom. The molecule has 110 valence electrons. The number of pyridine rings is 1. The van der Waals surface area contributed by atoms with Crippen molar-refractivity contribution < 1.29 is 9.90 Å². The topological polar surface area (TPSA) is 65.5 Å². The number of fused-ring (bicyclic) bond motifs is 1. The van der Waals surface area contributed by atoms with Crippen LogP contribution in [0.2, 0.25) is 0 Å². The Labute approximate surface area is 123 Å². The zero-order chi connectivity index (χ0) is 14.8. The molecule has 1 unspecified atom stereocenters. The molecule has 2 aromatic rings. The number of benzene rings is 1. The summed E-state index contributed by atoms with van der Waals surface area (Å²) >= 11 is 0. The predicted octanol–water partition coefficient (Wildman–Crippen LogP) is 2.30. The van der Waals surface area contributed by atoms with Crippen molar-refractivity contribution in [2.45, 2.75) is 6.42 Å². The lowest BCUT2D eigenvalue weighted by molar-refractivity contribution is 0.0698. The van der Waals surface area contributed by atoms with Gasteiger partial charge in [0.15, 0.2) is 0 Å². The van der Waals surface area contributed by atoms with E-state index in [0.29, 0.717) is 5.92 Å². The molecule has 0 amide bonds. The summed E-state index contributed by atoms with van der Waals surface area (Å²) in [6.45, 7) is 3.10. The highest BCUT2D eigenvalue weighted by Gasteiger charge is 2.19. The van der Waals surface area contributed by atoms with Gasteiger partial charge in [0.2, 0.25) is 0 Å². The summed E-state index contributed by atoms with van der Waals surface area (Å²) in [5.41, 5.74) is 0.247. The van der Waals surface area contributed by atoms with E-state index in [2.05, 4.69) is 22.2 Å². The van der Waals surface area contributed by atoms with E-state index >= 15 is 0 Å². The Kier molecular flexibility index (Phi) is 3.75. The summed E-state index contributed by atoms with van der Waals surface area (Å²) in [7, 11) is 2.13. The summed E-state index contributed by atoms with van der Waals surface area (Å²) < 4.78 is 0. The van der Waals surface area contributed by atoms with Crippen LogP contribution in [-0.4, -0.2) is 47.6 Å². The first-order chi connectivity index (χ1) is 10.1. The minimum atomic E-state index is -0.942. The molecule has 1 aromatic heterocycles. The van der Waals surface area contributed by atoms with E-state index in [1.54, 1.807) is 0 Å². The molecule has 0 radical (unpaired) electrons. The van der Waals surface area contributed by atoms with Gasteiger partial charge >= 0.3 is 5.97 Å². The number of nitrogens with zero attached hydrogens (tertiary/aromatic N) is 2. The molecule has 0 saturated carbocycles. The lowest BCUT2D eigenvalue weighted by Crippen LogP contribution is -2.19. The Bertz CT molecular complexity index is 672. The number of nitrogens with one attached hydrogen (secondary N) is 1. The minimum Gasteiger partial charge on any atom is -0.478 e. The van der Waals surface area contributed by atoms with Gasteiger partial charge < -0.3 is 15.3 Å². The Balaban J connectivity index is 1.86. The molecule has 1 aliphatic heterocycles. The minimum absolute atomic E-state index is 0.247. The largest absolute Gasteiger partial charge is 0.478 e. The second kappa shape index (κ2) is 5.69. The van der Waals surface area contributed by atoms with Crippen molar-refractivity contribution in [2.24, 2.45) is 5.92 Å². The van der Waals surface area contributed by atoms with Crippen molar-refractivity contribution in [3.8, 4) is 0 Å². The number of hydrogen-bond donors (Lipinski definition) is 2. The standard InChI is InChI=1S/C16H19N3O2/c1-19-7-6-11(10-19)8-17-15-13-5-3-2-4-12(13)14(9-18-15)16(20)21/h2-5,9,11H,6-8,10H2,1H3,(H,17,18)(H,20,21). The summed E-state index contributed by atoms with van der Waals surface area (Å²) in [5, 5.41) is 14.2. The van der Waals surface area contributed by atoms with Gasteiger partial charge in [0.25, 0.3) is 0 Å². The molecule has 5 nitrogen and oxygen atoms in total. The summed E-state index contributed by atoms with van der Waals surface area (Å²) in [6, 6.07) is 7.50. The molecular weight excluding hydrogens is 266 g/mol. The maximum Gasteiger partial charge on any atom is 0.337 e. The van der Waals surface area contributed by atoms with Gasteiger partial charge in [-0.15, -0.1) is 0 Å². The van der Waals surface area contributed by atoms with Crippen molar-refractivity contribution in [3.63, 3.8) is 0 Å². The highest BCUT2D eigenvalue weighted by atomic mass is 16.4. The van der Waals surface area contributed by atoms with Gasteiger partial charge in [-0.05, 0) is 25.9 Å². The summed E-state index contributed by atoms with van der Waals surface area (Å²) in [5.74, 6) is 0.447. The van der Waals surface area contributed by atoms with Crippen molar-refractivity contribution in [2.75, 3.05) is 32.0 Å². The number of carboxylic acid groups (broad SMARTS) is 1. The van der Waals surface area contributed by atoms with Crippen LogP contribution in [0.5, 0.6) is 0 Å². The molecule has 1 aromatic carbocycles. The van der Waals surface area contributed by atoms with Crippen LogP contribution in [0.4, 0.5) is 5.82 Å². The fourth-order valence-electron chi connectivity index (χ4n) is 2.94. The smallest absolute Gasteiger partial charge is 0.337 e. The Hall–Kier alpha value is -2.14. The molecule has 1 saturated heterocycles. The number of aromatic carboxylic acids is 1. The average molecular weight is 285 g/mol. The molecule has 0 aliphatic carbocycles. The normalized spacial score (nSPS) is 19.0. The van der Waals surface area contributed by atoms with Crippen molar-refractivity contribution in [1.82, 2.24) is 9.88 Å². The molecule has 2 heterocycles. The van der Waals surface area contributed by atoms with E-state index in [0.717, 1.165) is 36.2 Å². The fourth-order valence-corrected chi connectivity index (χ4v) is 2.94. The highest BCUT2D eigenvalue weighted by molar-refractivity contribution is 6.06. The van der Waals surface area contributed by atoms with Gasteiger partial charge in [0.05, 0.1) is 5.56 Å². The zero-order valence-corrected chi connectivity index (χ0v) is 12.0. The highest BCUT2D eigenvalue weighted by Crippen LogP contribution is 2.25. The number of hydrogen-bond acceptors (Lipinski definition) is 4. The molecule has 0 spiro atoms. The van der Waals surface area contributed by atoms with Crippen LogP contribution in [0.3, 0.4) is 0 Å². The third-order valence-corrected chi connectivity index (χ3v) is 4.07. The Morgan fingerprint density at radius 1 is 1.43 bits per heavy atom. The maximum absolute atomic E-state index is 11.3. The molecule has 2 N–H and O–H groups in total. The van der Waals surface area contributed by atoms with Gasteiger partial charge in [0.1, 0.15) is 5.82 Å². The number of anilines is 1. The maximum atomic E-state index is 11.3. The van der Waals surface area contributed by atoms with E-state index < -0.39 is 5.97 Å². The molecule has 1 atom stereocenters. The Morgan fingerprint density at radius 3 is 2.86 bits per heavy atom. The van der Waals surface area contributed by atoms with Crippen LogP contribution < -0.4 is 5.32 Å². The quantitative estimate of drug-likeness (QED) is 0.902. The van der Waals surface area contributed by atoms with Crippen LogP contribution in [0, 0.1) is 5.92 Å². The number of likely N-dealkylation sites (tertiary alicyclic amines) is 1. The second-order valence-electron chi connectivity index (χ2n) is 5.67. The number of carbonyl (C=O) groups is 1. The van der Waals surface area contributed by atoms with E-state index in [4.69, 9.17) is 0 Å². The summed E-state index contributed by atoms with van der Waals surface area (Å²) in [6.07, 6.45) is 2.63. The van der Waals surface area contributed by atoms with Gasteiger partial charge in [-0.25, -0.2) is 9.78 Å². The average Bonchev–Trinajstić information content (AvgIpc) is 2.90. The molecule has 5 heteroatoms. The van der Waals surface area contributed by atoms with Gasteiger partial charge in [-0.3, -0.25) is 0 Å². The molecule has 21 heavy (non-hydrogen) atoms. The van der Waals surface area contributed by atoms with Crippen LogP contribution in [-0.2, 0) is 0 Å². The zero-order valence-electron chi connectivity index (χ0n) is 12.0. The third kappa shape index (κ3) is 2.83. The first-order valence-electron chi connectivity index (χ1n) is 7.18. The molecule has 3 rings (SSSR count). The van der Waals surface area contributed by atoms with E-state index in [1.807, 2.05) is 24.3 Å². The summed E-state index contributed by atoms with van der Waals surface area (Å²) in [4.78, 5) is 17.9. The van der Waals surface area contributed by atoms with Crippen LogP contribution in [0.1, 0.15) is 16.8 Å². The molecular formula is C16H19N3O2. The van der Waals surface area contributed by atoms with Crippen LogP contribution in [0.15, 0.2) is 30.5 Å². The van der Waals surface area contributed by atoms with E-state index in [9.17, 15) is 9.90 Å². The first kappa shape index (κ1) is 13.8. The van der Waals surface area contributed by atoms with Gasteiger partial charge in [-0.1, -0.05) is 24.3 Å². The fraction of sp³-hybridized carbons (Fsp3) is 0.375. The van der Waals surface area contributed by atoms with Crippen molar-refractivity contribution in [1.29, 1.82) is 0 Å². The first-order valence-corrected chi connectivity index (χ1v) is 7.18. The molecule has 0 bridgehead atoms. The number of carboxylic acids is 1. The number of aromatic nitrogens is 1. The monoisotopic (exact) mass is 285 g/mol. The van der Waals surface area contributed by atoms with Crippen molar-refractivity contribution >= 4 is 22.6 Å². The van der Waals surface area contributed by atoms with Gasteiger partial charge in [0, 0.05) is 30.1 Å². The van der Waals surface area contributed by atoms with Crippen molar-refractivity contribution in [3.05, 3.63) is 36.0 Å². The van der Waals surface area contributed by atoms with Crippen LogP contribution >= 0.6 is 0 Å². The van der Waals surface area contributed by atoms with Gasteiger partial charge in [-0.2, -0.15) is 0 Å². The lowest BCUT2D eigenvalue weighted by atomic mass is 10.1.